The SMILES string of the molecule is CCCCCCC(O)CCCCCCCCCCC(=O)[O-].CCCCCCC([O-])CCCCCCCCCCC(=O)[O-].[O-]c1cccc2cccnc12.[O]=[W](=[O])([O-])[O-].[O]=[W](=[O])([O-])[O-].[Zn+2].[Zn+2].[Zn+2].[Zn+2]. The Morgan fingerprint density at radius 1 is 0.522 bits per heavy atom. The van der Waals surface area contributed by atoms with Crippen molar-refractivity contribution in [1.29, 1.82) is 0 Å². The molecule has 1 aromatic carbocycles. The van der Waals surface area contributed by atoms with Crippen LogP contribution in [0.25, 0.3) is 10.9 Å². The maximum atomic E-state index is 11.7. The van der Waals surface area contributed by atoms with Crippen LogP contribution in [0.3, 0.4) is 0 Å². The first-order valence-electron chi connectivity index (χ1n) is 22.8. The number of fused-ring (bicyclic) bond motifs is 1. The van der Waals surface area contributed by atoms with Crippen molar-refractivity contribution >= 4 is 22.8 Å². The zero-order valence-electron chi connectivity index (χ0n) is 40.6. The number of unbranched alkanes of at least 4 members (excludes halogenated alkanes) is 20. The number of rotatable bonds is 32. The molecule has 0 spiro atoms. The summed E-state index contributed by atoms with van der Waals surface area (Å²) in [6.07, 6.45) is 32.6. The Kier molecular flexibility index (Phi) is 69.3. The first-order chi connectivity index (χ1) is 29.7. The predicted octanol–water partition coefficient (Wildman–Crippen LogP) is 3.37. The van der Waals surface area contributed by atoms with E-state index in [4.69, 9.17) is 28.6 Å². The van der Waals surface area contributed by atoms with Gasteiger partial charge in [0.2, 0.25) is 0 Å². The Morgan fingerprint density at radius 2 is 0.821 bits per heavy atom. The fourth-order valence-corrected chi connectivity index (χ4v) is 6.38. The number of pyridine rings is 1. The molecule has 2 atom stereocenters. The number of aliphatic carboxylic acids is 2. The Labute approximate surface area is 459 Å². The summed E-state index contributed by atoms with van der Waals surface area (Å²) in [5, 5.41) is 54.0. The Balaban J connectivity index is -0.000000146. The van der Waals surface area contributed by atoms with E-state index in [9.17, 15) is 35.1 Å². The van der Waals surface area contributed by atoms with Gasteiger partial charge in [0.05, 0.1) is 11.6 Å². The van der Waals surface area contributed by atoms with Crippen molar-refractivity contribution in [2.45, 2.75) is 219 Å². The van der Waals surface area contributed by atoms with E-state index in [2.05, 4.69) is 18.8 Å². The Morgan fingerprint density at radius 3 is 1.15 bits per heavy atom. The van der Waals surface area contributed by atoms with E-state index < -0.39 is 45.4 Å². The number of hydrogen-bond donors (Lipinski definition) is 1. The molecule has 2 unspecified atom stereocenters. The summed E-state index contributed by atoms with van der Waals surface area (Å²) in [6, 6.07) is 8.84. The number of carbonyl (C=O) groups is 2. The van der Waals surface area contributed by atoms with Gasteiger partial charge in [0.25, 0.3) is 0 Å². The average Bonchev–Trinajstić information content (AvgIpc) is 3.19. The second kappa shape index (κ2) is 57.1. The molecule has 16 nitrogen and oxygen atoms in total. The quantitative estimate of drug-likeness (QED) is 0.0811. The molecule has 1 N–H and O–H groups in total. The van der Waals surface area contributed by atoms with E-state index in [-0.39, 0.29) is 109 Å². The van der Waals surface area contributed by atoms with Gasteiger partial charge in [0, 0.05) is 18.1 Å². The summed E-state index contributed by atoms with van der Waals surface area (Å²) in [7, 11) is 0. The van der Waals surface area contributed by atoms with Crippen LogP contribution in [-0.2, 0) is 135 Å². The molecule has 0 fully saturated rings. The molecule has 22 heteroatoms. The van der Waals surface area contributed by atoms with Crippen molar-refractivity contribution < 1.29 is 175 Å². The van der Waals surface area contributed by atoms with Gasteiger partial charge in [-0.15, -0.1) is 6.10 Å². The maximum absolute atomic E-state index is 11.7. The fourth-order valence-electron chi connectivity index (χ4n) is 6.38. The zero-order valence-corrected chi connectivity index (χ0v) is 58.3. The van der Waals surface area contributed by atoms with Crippen LogP contribution in [0.15, 0.2) is 36.5 Å². The third-order valence-electron chi connectivity index (χ3n) is 9.69. The molecule has 370 valence electrons. The van der Waals surface area contributed by atoms with Gasteiger partial charge in [-0.25, -0.2) is 0 Å². The molecule has 1 heterocycles. The number of carbonyl (C=O) groups excluding carboxylic acids is 2. The van der Waals surface area contributed by atoms with E-state index in [1.807, 2.05) is 18.2 Å². The van der Waals surface area contributed by atoms with Crippen LogP contribution in [-0.4, -0.2) is 34.2 Å². The fraction of sp³-hybridized carbons (Fsp3) is 0.756. The van der Waals surface area contributed by atoms with Crippen LogP contribution in [0.2, 0.25) is 0 Å². The van der Waals surface area contributed by atoms with Crippen molar-refractivity contribution in [3.63, 3.8) is 0 Å². The number of aliphatic hydroxyl groups is 1. The number of hydrogen-bond acceptors (Lipinski definition) is 16. The standard InChI is InChI=1S/C18H36O3.C18H35O3.C9H7NO.8O.2W.4Zn/c2*1-2-3-4-11-14-17(19)15-12-9-7-5-6-8-10-13-16-18(20)21;11-8-5-1-3-7-4-2-6-10-9(7)8;;;;;;;;;;;;;;/h17,19H,2-16H2,1H3,(H,20,21);17H,2-16H2,1H3,(H,20,21);1-6,11H;;;;;;;;;;;;;;/q;-1;;;;;;4*-1;;;4*+2/p-3. The second-order valence-electron chi connectivity index (χ2n) is 15.6. The molecule has 0 radical (unpaired) electrons. The first-order valence-corrected chi connectivity index (χ1v) is 32.4. The maximum Gasteiger partial charge on any atom is 2.00 e. The number of aliphatic hydroxyl groups excluding tert-OH is 1. The van der Waals surface area contributed by atoms with Gasteiger partial charge in [-0.3, -0.25) is 4.98 Å². The molecule has 0 aliphatic rings. The van der Waals surface area contributed by atoms with E-state index in [0.29, 0.717) is 5.52 Å². The number of para-hydroxylation sites is 1. The van der Waals surface area contributed by atoms with Crippen molar-refractivity contribution in [2.75, 3.05) is 0 Å². The Hall–Kier alpha value is 0.200. The average molecular weight is 1500 g/mol. The molecule has 1 aromatic heterocycles. The third kappa shape index (κ3) is 77.9. The molecule has 0 saturated heterocycles. The molecule has 2 aromatic rings. The van der Waals surface area contributed by atoms with Crippen molar-refractivity contribution in [3.8, 4) is 5.75 Å². The van der Waals surface area contributed by atoms with Gasteiger partial charge in [0.1, 0.15) is 0 Å². The summed E-state index contributed by atoms with van der Waals surface area (Å²) in [4.78, 5) is 24.4. The number of benzene rings is 1. The van der Waals surface area contributed by atoms with Gasteiger partial charge in [-0.1, -0.05) is 198 Å². The molecule has 0 aliphatic carbocycles. The van der Waals surface area contributed by atoms with Crippen LogP contribution in [0.5, 0.6) is 5.75 Å². The normalized spacial score (nSPS) is 11.2. The topological polar surface area (TPSA) is 320 Å². The molecule has 0 saturated carbocycles. The molecular weight excluding hydrogens is 1420 g/mol. The summed E-state index contributed by atoms with van der Waals surface area (Å²) >= 11 is -12.3. The van der Waals surface area contributed by atoms with E-state index >= 15 is 0 Å². The van der Waals surface area contributed by atoms with Gasteiger partial charge in [-0.2, -0.15) is 0 Å². The molecule has 2 rings (SSSR count). The van der Waals surface area contributed by atoms with Crippen molar-refractivity contribution in [1.82, 2.24) is 4.98 Å². The zero-order chi connectivity index (χ0) is 48.2. The van der Waals surface area contributed by atoms with E-state index in [1.54, 1.807) is 12.3 Å². The predicted molar refractivity (Wildman–Crippen MR) is 214 cm³/mol. The van der Waals surface area contributed by atoms with Crippen molar-refractivity contribution in [2.24, 2.45) is 0 Å². The second-order valence-corrected chi connectivity index (χ2v) is 21.5. The number of nitrogens with zero attached hydrogens (tertiary/aromatic N) is 1. The van der Waals surface area contributed by atoms with Crippen LogP contribution in [0.4, 0.5) is 0 Å². The molecule has 67 heavy (non-hydrogen) atoms. The largest absolute Gasteiger partial charge is 2.00 e. The summed E-state index contributed by atoms with van der Waals surface area (Å²) < 4.78 is 69.2. The minimum atomic E-state index is -6.17. The van der Waals surface area contributed by atoms with Crippen LogP contribution in [0, 0.1) is 0 Å². The molecule has 0 aliphatic heterocycles. The summed E-state index contributed by atoms with van der Waals surface area (Å²) in [5.41, 5.74) is 0.551. The van der Waals surface area contributed by atoms with E-state index in [1.165, 1.54) is 102 Å². The molecular formula is C45H75NO15W2Zn4. The smallest absolute Gasteiger partial charge is 2.00 e. The minimum Gasteiger partial charge on any atom is 2.00 e. The van der Waals surface area contributed by atoms with Gasteiger partial charge < -0.3 is 35.1 Å². The van der Waals surface area contributed by atoms with Gasteiger partial charge in [-0.05, 0) is 50.0 Å². The summed E-state index contributed by atoms with van der Waals surface area (Å²) in [6.45, 7) is 4.40. The monoisotopic (exact) mass is 1490 g/mol. The number of carboxylic acids is 2. The first kappa shape index (κ1) is 81.3. The van der Waals surface area contributed by atoms with Crippen LogP contribution < -0.4 is 35.5 Å². The molecule has 0 bridgehead atoms. The van der Waals surface area contributed by atoms with Gasteiger partial charge in [0.15, 0.2) is 0 Å². The van der Waals surface area contributed by atoms with Crippen LogP contribution in [0.1, 0.15) is 206 Å². The molecule has 0 amide bonds. The Bertz CT molecular complexity index is 1500. The third-order valence-corrected chi connectivity index (χ3v) is 9.69. The number of carboxylic acid groups (broad SMARTS) is 2. The minimum absolute atomic E-state index is 0. The van der Waals surface area contributed by atoms with Crippen LogP contribution >= 0.6 is 0 Å². The van der Waals surface area contributed by atoms with Gasteiger partial charge >= 0.3 is 140 Å². The summed E-state index contributed by atoms with van der Waals surface area (Å²) in [5.74, 6) is -1.87. The number of aromatic nitrogens is 1. The van der Waals surface area contributed by atoms with E-state index in [0.717, 1.165) is 88.9 Å². The van der Waals surface area contributed by atoms with Crippen molar-refractivity contribution in [3.05, 3.63) is 36.5 Å².